The highest BCUT2D eigenvalue weighted by Gasteiger charge is 2.20. The summed E-state index contributed by atoms with van der Waals surface area (Å²) in [7, 11) is 0. The second-order valence-corrected chi connectivity index (χ2v) is 6.35. The third kappa shape index (κ3) is 4.95. The first-order valence-electron chi connectivity index (χ1n) is 8.51. The molecule has 0 bridgehead atoms. The molecule has 1 amide bonds. The Morgan fingerprint density at radius 3 is 2.36 bits per heavy atom. The van der Waals surface area contributed by atoms with Crippen LogP contribution in [0, 0.1) is 12.8 Å². The number of amides is 1. The lowest BCUT2D eigenvalue weighted by Gasteiger charge is -2.23. The number of rotatable bonds is 7. The van der Waals surface area contributed by atoms with E-state index >= 15 is 0 Å². The van der Waals surface area contributed by atoms with Crippen molar-refractivity contribution < 1.29 is 18.7 Å². The van der Waals surface area contributed by atoms with Crippen LogP contribution in [0.3, 0.4) is 0 Å². The Bertz CT molecular complexity index is 716. The average molecular weight is 343 g/mol. The fourth-order valence-corrected chi connectivity index (χ4v) is 2.62. The molecule has 1 aromatic carbocycles. The van der Waals surface area contributed by atoms with E-state index in [9.17, 15) is 9.59 Å². The number of furan rings is 1. The zero-order valence-corrected chi connectivity index (χ0v) is 15.2. The zero-order chi connectivity index (χ0) is 18.4. The Morgan fingerprint density at radius 1 is 1.16 bits per heavy atom. The predicted octanol–water partition coefficient (Wildman–Crippen LogP) is 3.82. The minimum Gasteiger partial charge on any atom is -0.469 e. The first kappa shape index (κ1) is 18.8. The molecule has 2 aromatic rings. The van der Waals surface area contributed by atoms with Gasteiger partial charge in [-0.15, -0.1) is 0 Å². The van der Waals surface area contributed by atoms with Crippen LogP contribution in [0.15, 0.2) is 41.0 Å². The van der Waals surface area contributed by atoms with Crippen LogP contribution in [0.2, 0.25) is 0 Å². The topological polar surface area (TPSA) is 68.5 Å². The second kappa shape index (κ2) is 8.51. The fourth-order valence-electron chi connectivity index (χ4n) is 2.62. The summed E-state index contributed by atoms with van der Waals surface area (Å²) in [5.74, 6) is -0.202. The summed E-state index contributed by atoms with van der Waals surface area (Å²) in [5.41, 5.74) is 2.63. The lowest BCUT2D eigenvalue weighted by atomic mass is 9.95. The van der Waals surface area contributed by atoms with E-state index in [1.807, 2.05) is 26.0 Å². The van der Waals surface area contributed by atoms with E-state index in [0.717, 1.165) is 12.0 Å². The number of hydrogen-bond donors (Lipinski definition) is 1. The predicted molar refractivity (Wildman–Crippen MR) is 95.3 cm³/mol. The maximum absolute atomic E-state index is 12.2. The molecular weight excluding hydrogens is 318 g/mol. The monoisotopic (exact) mass is 343 g/mol. The Hall–Kier alpha value is -2.56. The fraction of sp³-hybridized carbons (Fsp3) is 0.400. The zero-order valence-electron chi connectivity index (χ0n) is 15.2. The third-order valence-electron chi connectivity index (χ3n) is 4.14. The van der Waals surface area contributed by atoms with Gasteiger partial charge >= 0.3 is 5.97 Å². The summed E-state index contributed by atoms with van der Waals surface area (Å²) in [4.78, 5) is 24.1. The molecule has 0 fully saturated rings. The van der Waals surface area contributed by atoms with Gasteiger partial charge in [-0.2, -0.15) is 0 Å². The minimum absolute atomic E-state index is 0.132. The lowest BCUT2D eigenvalue weighted by Crippen LogP contribution is -2.35. The van der Waals surface area contributed by atoms with Crippen molar-refractivity contribution in [1.82, 2.24) is 5.32 Å². The van der Waals surface area contributed by atoms with Gasteiger partial charge < -0.3 is 14.5 Å². The highest BCUT2D eigenvalue weighted by molar-refractivity contribution is 5.92. The highest BCUT2D eigenvalue weighted by atomic mass is 16.5. The molecule has 1 atom stereocenters. The number of benzene rings is 1. The van der Waals surface area contributed by atoms with Crippen LogP contribution < -0.4 is 5.32 Å². The molecule has 0 radical (unpaired) electrons. The van der Waals surface area contributed by atoms with Crippen LogP contribution in [-0.2, 0) is 16.0 Å². The Labute approximate surface area is 148 Å². The first-order valence-corrected chi connectivity index (χ1v) is 8.51. The van der Waals surface area contributed by atoms with Crippen molar-refractivity contribution in [3.05, 3.63) is 59.0 Å². The smallest absolute Gasteiger partial charge is 0.342 e. The first-order chi connectivity index (χ1) is 11.9. The number of carbonyl (C=O) groups is 2. The number of hydrogen-bond acceptors (Lipinski definition) is 4. The van der Waals surface area contributed by atoms with E-state index in [1.54, 1.807) is 6.92 Å². The highest BCUT2D eigenvalue weighted by Crippen LogP contribution is 2.22. The van der Waals surface area contributed by atoms with Gasteiger partial charge in [-0.3, -0.25) is 4.79 Å². The molecule has 0 spiro atoms. The molecule has 1 N–H and O–H groups in total. The van der Waals surface area contributed by atoms with E-state index in [-0.39, 0.29) is 24.5 Å². The average Bonchev–Trinajstić information content (AvgIpc) is 3.03. The van der Waals surface area contributed by atoms with Crippen molar-refractivity contribution in [3.8, 4) is 0 Å². The molecule has 134 valence electrons. The van der Waals surface area contributed by atoms with Gasteiger partial charge in [-0.05, 0) is 36.5 Å². The summed E-state index contributed by atoms with van der Waals surface area (Å²) >= 11 is 0. The van der Waals surface area contributed by atoms with Crippen LogP contribution in [0.25, 0.3) is 0 Å². The third-order valence-corrected chi connectivity index (χ3v) is 4.14. The van der Waals surface area contributed by atoms with E-state index in [2.05, 4.69) is 24.4 Å². The maximum Gasteiger partial charge on any atom is 0.342 e. The molecule has 5 heteroatoms. The lowest BCUT2D eigenvalue weighted by molar-refractivity contribution is -0.125. The van der Waals surface area contributed by atoms with E-state index < -0.39 is 5.97 Å². The molecule has 0 aliphatic heterocycles. The number of carbonyl (C=O) groups excluding carboxylic acids is 2. The number of ether oxygens (including phenoxy) is 1. The summed E-state index contributed by atoms with van der Waals surface area (Å²) < 4.78 is 10.1. The number of esters is 1. The summed E-state index contributed by atoms with van der Waals surface area (Å²) in [6.45, 7) is 7.54. The van der Waals surface area contributed by atoms with Crippen molar-refractivity contribution in [2.45, 2.75) is 40.2 Å². The molecule has 0 unspecified atom stereocenters. The summed E-state index contributed by atoms with van der Waals surface area (Å²) in [5, 5.41) is 2.95. The molecule has 0 saturated heterocycles. The van der Waals surface area contributed by atoms with Crippen molar-refractivity contribution >= 4 is 11.9 Å². The molecule has 1 heterocycles. The Kier molecular flexibility index (Phi) is 6.39. The SMILES string of the molecule is CCc1ccc([C@@H](NC(=O)COC(=O)c2ccoc2C)C(C)C)cc1. The summed E-state index contributed by atoms with van der Waals surface area (Å²) in [6.07, 6.45) is 2.39. The standard InChI is InChI=1S/C20H25NO4/c1-5-15-6-8-16(9-7-15)19(13(2)3)21-18(22)12-25-20(23)17-10-11-24-14(17)4/h6-11,13,19H,5,12H2,1-4H3,(H,21,22)/t19-/m0/s1. The van der Waals surface area contributed by atoms with Gasteiger partial charge in [-0.1, -0.05) is 45.0 Å². The van der Waals surface area contributed by atoms with Crippen molar-refractivity contribution in [2.24, 2.45) is 5.92 Å². The number of aryl methyl sites for hydroxylation is 2. The van der Waals surface area contributed by atoms with Crippen LogP contribution >= 0.6 is 0 Å². The molecular formula is C20H25NO4. The molecule has 0 saturated carbocycles. The normalized spacial score (nSPS) is 12.0. The van der Waals surface area contributed by atoms with E-state index in [0.29, 0.717) is 11.3 Å². The van der Waals surface area contributed by atoms with Gasteiger partial charge in [0.25, 0.3) is 5.91 Å². The molecule has 1 aromatic heterocycles. The molecule has 25 heavy (non-hydrogen) atoms. The van der Waals surface area contributed by atoms with Crippen LogP contribution in [0.5, 0.6) is 0 Å². The molecule has 5 nitrogen and oxygen atoms in total. The van der Waals surface area contributed by atoms with Gasteiger partial charge in [0.1, 0.15) is 11.3 Å². The Balaban J connectivity index is 1.95. The van der Waals surface area contributed by atoms with Gasteiger partial charge in [0.05, 0.1) is 12.3 Å². The van der Waals surface area contributed by atoms with Crippen molar-refractivity contribution in [3.63, 3.8) is 0 Å². The largest absolute Gasteiger partial charge is 0.469 e. The van der Waals surface area contributed by atoms with Crippen LogP contribution in [0.4, 0.5) is 0 Å². The van der Waals surface area contributed by atoms with Gasteiger partial charge in [0.2, 0.25) is 0 Å². The van der Waals surface area contributed by atoms with Crippen molar-refractivity contribution in [2.75, 3.05) is 6.61 Å². The van der Waals surface area contributed by atoms with Gasteiger partial charge in [-0.25, -0.2) is 4.79 Å². The number of nitrogens with one attached hydrogen (secondary N) is 1. The Morgan fingerprint density at radius 2 is 1.84 bits per heavy atom. The second-order valence-electron chi connectivity index (χ2n) is 6.35. The van der Waals surface area contributed by atoms with E-state index in [1.165, 1.54) is 17.9 Å². The maximum atomic E-state index is 12.2. The summed E-state index contributed by atoms with van der Waals surface area (Å²) in [6, 6.07) is 9.60. The molecule has 0 aliphatic rings. The van der Waals surface area contributed by atoms with Gasteiger partial charge in [0, 0.05) is 0 Å². The molecule has 0 aliphatic carbocycles. The van der Waals surface area contributed by atoms with Crippen molar-refractivity contribution in [1.29, 1.82) is 0 Å². The van der Waals surface area contributed by atoms with Crippen LogP contribution in [-0.4, -0.2) is 18.5 Å². The quantitative estimate of drug-likeness (QED) is 0.776. The minimum atomic E-state index is -0.560. The van der Waals surface area contributed by atoms with E-state index in [4.69, 9.17) is 9.15 Å². The van der Waals surface area contributed by atoms with Crippen LogP contribution in [0.1, 0.15) is 54.1 Å². The van der Waals surface area contributed by atoms with Gasteiger partial charge in [0.15, 0.2) is 6.61 Å². The molecule has 2 rings (SSSR count).